The van der Waals surface area contributed by atoms with Gasteiger partial charge in [0.1, 0.15) is 5.84 Å². The second kappa shape index (κ2) is 7.96. The van der Waals surface area contributed by atoms with Gasteiger partial charge in [-0.3, -0.25) is 4.79 Å². The molecule has 7 nitrogen and oxygen atoms in total. The number of ether oxygens (including phenoxy) is 2. The van der Waals surface area contributed by atoms with E-state index in [-0.39, 0.29) is 18.3 Å². The summed E-state index contributed by atoms with van der Waals surface area (Å²) < 4.78 is 10.7. The van der Waals surface area contributed by atoms with Gasteiger partial charge in [0.2, 0.25) is 0 Å². The molecule has 0 radical (unpaired) electrons. The number of hydrogen-bond donors (Lipinski definition) is 2. The minimum absolute atomic E-state index is 0.0980. The van der Waals surface area contributed by atoms with Crippen LogP contribution in [0.25, 0.3) is 0 Å². The first-order valence-electron chi connectivity index (χ1n) is 6.49. The number of rotatable bonds is 6. The quantitative estimate of drug-likeness (QED) is 0.308. The number of oxime groups is 1. The van der Waals surface area contributed by atoms with E-state index in [1.807, 2.05) is 13.8 Å². The van der Waals surface area contributed by atoms with E-state index in [0.717, 1.165) is 0 Å². The van der Waals surface area contributed by atoms with Crippen molar-refractivity contribution in [2.75, 3.05) is 32.9 Å². The van der Waals surface area contributed by atoms with Gasteiger partial charge in [-0.1, -0.05) is 19.0 Å². The molecule has 1 amide bonds. The van der Waals surface area contributed by atoms with Gasteiger partial charge >= 0.3 is 0 Å². The van der Waals surface area contributed by atoms with Gasteiger partial charge in [-0.25, -0.2) is 0 Å². The molecule has 3 N–H and O–H groups in total. The number of carbonyl (C=O) groups is 1. The first-order valence-corrected chi connectivity index (χ1v) is 6.49. The summed E-state index contributed by atoms with van der Waals surface area (Å²) in [5.41, 5.74) is 5.44. The number of nitrogens with zero attached hydrogens (tertiary/aromatic N) is 2. The maximum absolute atomic E-state index is 12.3. The van der Waals surface area contributed by atoms with Crippen LogP contribution in [-0.4, -0.2) is 60.9 Å². The van der Waals surface area contributed by atoms with Crippen LogP contribution in [0.3, 0.4) is 0 Å². The van der Waals surface area contributed by atoms with Crippen molar-refractivity contribution in [2.24, 2.45) is 16.8 Å². The summed E-state index contributed by atoms with van der Waals surface area (Å²) >= 11 is 0. The topological polar surface area (TPSA) is 97.4 Å². The van der Waals surface area contributed by atoms with E-state index in [1.165, 1.54) is 0 Å². The second-order valence-electron chi connectivity index (χ2n) is 4.95. The van der Waals surface area contributed by atoms with Crippen molar-refractivity contribution in [1.82, 2.24) is 4.90 Å². The van der Waals surface area contributed by atoms with Crippen LogP contribution in [0.4, 0.5) is 0 Å². The summed E-state index contributed by atoms with van der Waals surface area (Å²) in [7, 11) is 0. The molecular weight excluding hydrogens is 250 g/mol. The smallest absolute Gasteiger partial charge is 0.254 e. The normalized spacial score (nSPS) is 20.6. The number of hydrogen-bond acceptors (Lipinski definition) is 5. The average Bonchev–Trinajstić information content (AvgIpc) is 2.42. The third-order valence-electron chi connectivity index (χ3n) is 2.75. The molecule has 19 heavy (non-hydrogen) atoms. The van der Waals surface area contributed by atoms with E-state index < -0.39 is 6.10 Å². The van der Waals surface area contributed by atoms with Crippen LogP contribution in [0.5, 0.6) is 0 Å². The Balaban J connectivity index is 2.58. The Kier molecular flexibility index (Phi) is 6.58. The van der Waals surface area contributed by atoms with E-state index in [2.05, 4.69) is 5.16 Å². The minimum Gasteiger partial charge on any atom is -0.409 e. The highest BCUT2D eigenvalue weighted by Gasteiger charge is 2.27. The Morgan fingerprint density at radius 2 is 2.26 bits per heavy atom. The summed E-state index contributed by atoms with van der Waals surface area (Å²) in [4.78, 5) is 14.0. The summed E-state index contributed by atoms with van der Waals surface area (Å²) in [6.07, 6.45) is -0.206. The molecule has 1 unspecified atom stereocenters. The highest BCUT2D eigenvalue weighted by Crippen LogP contribution is 2.09. The standard InChI is InChI=1S/C12H23N3O4/c1-9(2)7-15(4-3-11(13)14-17)12(16)10-8-18-5-6-19-10/h9-10,17H,3-8H2,1-2H3,(H2,13,14). The molecule has 1 heterocycles. The van der Waals surface area contributed by atoms with Gasteiger partial charge < -0.3 is 25.3 Å². The average molecular weight is 273 g/mol. The molecule has 0 aromatic rings. The Morgan fingerprint density at radius 1 is 1.53 bits per heavy atom. The van der Waals surface area contributed by atoms with Crippen LogP contribution in [0.15, 0.2) is 5.16 Å². The largest absolute Gasteiger partial charge is 0.409 e. The van der Waals surface area contributed by atoms with Crippen LogP contribution in [0.2, 0.25) is 0 Å². The molecule has 0 bridgehead atoms. The molecule has 1 aliphatic rings. The molecular formula is C12H23N3O4. The Hall–Kier alpha value is -1.34. The van der Waals surface area contributed by atoms with Crippen LogP contribution >= 0.6 is 0 Å². The maximum atomic E-state index is 12.3. The van der Waals surface area contributed by atoms with Gasteiger partial charge in [0.25, 0.3) is 5.91 Å². The fourth-order valence-corrected chi connectivity index (χ4v) is 1.87. The first-order chi connectivity index (χ1) is 9.04. The molecule has 1 atom stereocenters. The summed E-state index contributed by atoms with van der Waals surface area (Å²) in [6.45, 7) is 6.33. The molecule has 1 aliphatic heterocycles. The van der Waals surface area contributed by atoms with E-state index in [9.17, 15) is 4.79 Å². The van der Waals surface area contributed by atoms with Crippen molar-refractivity contribution >= 4 is 11.7 Å². The number of amidine groups is 1. The lowest BCUT2D eigenvalue weighted by Crippen LogP contribution is -2.47. The minimum atomic E-state index is -0.542. The number of amides is 1. The molecule has 0 spiro atoms. The molecule has 110 valence electrons. The Bertz CT molecular complexity index is 314. The summed E-state index contributed by atoms with van der Waals surface area (Å²) in [6, 6.07) is 0. The molecule has 1 rings (SSSR count). The van der Waals surface area contributed by atoms with Crippen molar-refractivity contribution in [3.63, 3.8) is 0 Å². The number of nitrogens with two attached hydrogens (primary N) is 1. The van der Waals surface area contributed by atoms with Crippen molar-refractivity contribution in [3.8, 4) is 0 Å². The predicted molar refractivity (Wildman–Crippen MR) is 70.0 cm³/mol. The lowest BCUT2D eigenvalue weighted by molar-refractivity contribution is -0.158. The van der Waals surface area contributed by atoms with Gasteiger partial charge in [0.05, 0.1) is 19.8 Å². The van der Waals surface area contributed by atoms with Gasteiger partial charge in [0, 0.05) is 19.5 Å². The van der Waals surface area contributed by atoms with Gasteiger partial charge in [-0.05, 0) is 5.92 Å². The fraction of sp³-hybridized carbons (Fsp3) is 0.833. The van der Waals surface area contributed by atoms with Gasteiger partial charge in [-0.2, -0.15) is 0 Å². The maximum Gasteiger partial charge on any atom is 0.254 e. The first kappa shape index (κ1) is 15.7. The molecule has 0 aromatic carbocycles. The lowest BCUT2D eigenvalue weighted by Gasteiger charge is -2.30. The monoisotopic (exact) mass is 273 g/mol. The highest BCUT2D eigenvalue weighted by molar-refractivity contribution is 5.83. The molecule has 0 aromatic heterocycles. The Labute approximate surface area is 113 Å². The lowest BCUT2D eigenvalue weighted by atomic mass is 10.1. The van der Waals surface area contributed by atoms with Crippen molar-refractivity contribution in [2.45, 2.75) is 26.4 Å². The van der Waals surface area contributed by atoms with Crippen LogP contribution in [0, 0.1) is 5.92 Å². The zero-order chi connectivity index (χ0) is 14.3. The third kappa shape index (κ3) is 5.44. The SMILES string of the molecule is CC(C)CN(CCC(N)=NO)C(=O)C1COCCO1. The van der Waals surface area contributed by atoms with Gasteiger partial charge in [-0.15, -0.1) is 0 Å². The van der Waals surface area contributed by atoms with E-state index in [4.69, 9.17) is 20.4 Å². The van der Waals surface area contributed by atoms with E-state index in [1.54, 1.807) is 4.90 Å². The molecule has 1 fully saturated rings. The molecule has 0 aliphatic carbocycles. The van der Waals surface area contributed by atoms with Gasteiger partial charge in [0.15, 0.2) is 6.10 Å². The van der Waals surface area contributed by atoms with Crippen molar-refractivity contribution in [3.05, 3.63) is 0 Å². The van der Waals surface area contributed by atoms with Crippen LogP contribution in [0.1, 0.15) is 20.3 Å². The van der Waals surface area contributed by atoms with Crippen molar-refractivity contribution in [1.29, 1.82) is 0 Å². The number of carbonyl (C=O) groups excluding carboxylic acids is 1. The zero-order valence-electron chi connectivity index (χ0n) is 11.5. The third-order valence-corrected chi connectivity index (χ3v) is 2.75. The fourth-order valence-electron chi connectivity index (χ4n) is 1.87. The Morgan fingerprint density at radius 3 is 2.79 bits per heavy atom. The van der Waals surface area contributed by atoms with E-state index in [0.29, 0.717) is 38.6 Å². The van der Waals surface area contributed by atoms with Crippen LogP contribution < -0.4 is 5.73 Å². The van der Waals surface area contributed by atoms with E-state index >= 15 is 0 Å². The molecule has 1 saturated heterocycles. The molecule has 0 saturated carbocycles. The second-order valence-corrected chi connectivity index (χ2v) is 4.95. The summed E-state index contributed by atoms with van der Waals surface area (Å²) in [5.74, 6) is 0.349. The highest BCUT2D eigenvalue weighted by atomic mass is 16.6. The van der Waals surface area contributed by atoms with Crippen molar-refractivity contribution < 1.29 is 19.5 Å². The summed E-state index contributed by atoms with van der Waals surface area (Å²) in [5, 5.41) is 11.4. The van der Waals surface area contributed by atoms with Crippen LogP contribution in [-0.2, 0) is 14.3 Å². The molecule has 7 heteroatoms. The predicted octanol–water partition coefficient (Wildman–Crippen LogP) is 0.0229. The zero-order valence-corrected chi connectivity index (χ0v) is 11.5.